The molecule has 0 aliphatic carbocycles. The molecule has 0 bridgehead atoms. The highest BCUT2D eigenvalue weighted by Crippen LogP contribution is 2.20. The van der Waals surface area contributed by atoms with Crippen molar-refractivity contribution in [1.29, 1.82) is 0 Å². The van der Waals surface area contributed by atoms with Crippen LogP contribution in [0.2, 0.25) is 0 Å². The molecule has 36 heavy (non-hydrogen) atoms. The van der Waals surface area contributed by atoms with Gasteiger partial charge in [-0.1, -0.05) is 79.7 Å². The van der Waals surface area contributed by atoms with Gasteiger partial charge in [-0.15, -0.1) is 0 Å². The molecular formula is C30H32FN3O2. The van der Waals surface area contributed by atoms with Crippen LogP contribution < -0.4 is 0 Å². The fourth-order valence-electron chi connectivity index (χ4n) is 4.32. The van der Waals surface area contributed by atoms with Crippen molar-refractivity contribution < 1.29 is 14.0 Å². The van der Waals surface area contributed by atoms with Crippen LogP contribution in [0.4, 0.5) is 4.39 Å². The number of benzene rings is 3. The molecular weight excluding hydrogens is 453 g/mol. The SMILES string of the molecule is CCc1nn(CCN(Cc2ccccc2)Cc2ccccc2)c(C)c1Cc1ccc(F)cc1.O=C=O. The number of carbonyl (C=O) groups excluding carboxylic acids is 2. The van der Waals surface area contributed by atoms with Gasteiger partial charge in [0.15, 0.2) is 0 Å². The van der Waals surface area contributed by atoms with Crippen LogP contribution in [-0.4, -0.2) is 27.4 Å². The van der Waals surface area contributed by atoms with Crippen molar-refractivity contribution in [1.82, 2.24) is 14.7 Å². The summed E-state index contributed by atoms with van der Waals surface area (Å²) in [6.45, 7) is 7.85. The minimum Gasteiger partial charge on any atom is -0.293 e. The molecule has 186 valence electrons. The topological polar surface area (TPSA) is 55.2 Å². The first-order valence-corrected chi connectivity index (χ1v) is 12.1. The summed E-state index contributed by atoms with van der Waals surface area (Å²) in [7, 11) is 0. The Balaban J connectivity index is 0.00000115. The fourth-order valence-corrected chi connectivity index (χ4v) is 4.32. The summed E-state index contributed by atoms with van der Waals surface area (Å²) >= 11 is 0. The van der Waals surface area contributed by atoms with Crippen molar-refractivity contribution in [3.05, 3.63) is 124 Å². The lowest BCUT2D eigenvalue weighted by Crippen LogP contribution is -2.27. The Kier molecular flexibility index (Phi) is 10.3. The van der Waals surface area contributed by atoms with E-state index in [4.69, 9.17) is 14.7 Å². The first-order valence-electron chi connectivity index (χ1n) is 12.1. The fraction of sp³-hybridized carbons (Fsp3) is 0.267. The van der Waals surface area contributed by atoms with E-state index in [2.05, 4.69) is 84.1 Å². The number of aryl methyl sites for hydroxylation is 1. The van der Waals surface area contributed by atoms with Gasteiger partial charge >= 0.3 is 6.15 Å². The normalized spacial score (nSPS) is 10.6. The highest BCUT2D eigenvalue weighted by atomic mass is 19.1. The molecule has 1 aromatic heterocycles. The van der Waals surface area contributed by atoms with Gasteiger partial charge < -0.3 is 0 Å². The van der Waals surface area contributed by atoms with E-state index in [9.17, 15) is 4.39 Å². The quantitative estimate of drug-likeness (QED) is 0.293. The molecule has 0 atom stereocenters. The van der Waals surface area contributed by atoms with Crippen LogP contribution in [-0.2, 0) is 42.1 Å². The van der Waals surface area contributed by atoms with Crippen LogP contribution >= 0.6 is 0 Å². The predicted octanol–water partition coefficient (Wildman–Crippen LogP) is 5.60. The second kappa shape index (κ2) is 13.9. The predicted molar refractivity (Wildman–Crippen MR) is 138 cm³/mol. The number of nitrogens with zero attached hydrogens (tertiary/aromatic N) is 3. The van der Waals surface area contributed by atoms with Gasteiger partial charge in [0.25, 0.3) is 0 Å². The van der Waals surface area contributed by atoms with E-state index >= 15 is 0 Å². The summed E-state index contributed by atoms with van der Waals surface area (Å²) < 4.78 is 15.5. The molecule has 0 fully saturated rings. The summed E-state index contributed by atoms with van der Waals surface area (Å²) in [5.41, 5.74) is 7.35. The molecule has 0 saturated heterocycles. The number of aromatic nitrogens is 2. The van der Waals surface area contributed by atoms with E-state index < -0.39 is 0 Å². The van der Waals surface area contributed by atoms with E-state index in [1.54, 1.807) is 0 Å². The van der Waals surface area contributed by atoms with Crippen molar-refractivity contribution in [3.8, 4) is 0 Å². The minimum absolute atomic E-state index is 0.196. The van der Waals surface area contributed by atoms with E-state index in [1.165, 1.54) is 34.5 Å². The zero-order chi connectivity index (χ0) is 25.8. The first-order chi connectivity index (χ1) is 17.5. The molecule has 4 aromatic rings. The van der Waals surface area contributed by atoms with E-state index in [0.29, 0.717) is 0 Å². The molecule has 0 saturated carbocycles. The number of rotatable bonds is 10. The summed E-state index contributed by atoms with van der Waals surface area (Å²) in [6, 6.07) is 28.1. The summed E-state index contributed by atoms with van der Waals surface area (Å²) in [6.07, 6.45) is 1.93. The van der Waals surface area contributed by atoms with Crippen LogP contribution in [0.25, 0.3) is 0 Å². The molecule has 0 N–H and O–H groups in total. The van der Waals surface area contributed by atoms with Crippen LogP contribution in [0.1, 0.15) is 40.6 Å². The maximum atomic E-state index is 13.3. The highest BCUT2D eigenvalue weighted by molar-refractivity contribution is 5.32. The maximum absolute atomic E-state index is 13.3. The molecule has 4 rings (SSSR count). The number of hydrogen-bond donors (Lipinski definition) is 0. The molecule has 0 radical (unpaired) electrons. The molecule has 6 heteroatoms. The van der Waals surface area contributed by atoms with Crippen molar-refractivity contribution in [2.75, 3.05) is 6.54 Å². The molecule has 0 aliphatic heterocycles. The van der Waals surface area contributed by atoms with Gasteiger partial charge in [0.1, 0.15) is 5.82 Å². The Morgan fingerprint density at radius 2 is 1.36 bits per heavy atom. The van der Waals surface area contributed by atoms with Crippen molar-refractivity contribution >= 4 is 6.15 Å². The lowest BCUT2D eigenvalue weighted by Gasteiger charge is -2.23. The van der Waals surface area contributed by atoms with Gasteiger partial charge in [-0.2, -0.15) is 14.7 Å². The molecule has 3 aromatic carbocycles. The summed E-state index contributed by atoms with van der Waals surface area (Å²) in [5.74, 6) is -0.196. The second-order valence-corrected chi connectivity index (χ2v) is 8.66. The van der Waals surface area contributed by atoms with Crippen LogP contribution in [0, 0.1) is 12.7 Å². The summed E-state index contributed by atoms with van der Waals surface area (Å²) in [4.78, 5) is 18.7. The van der Waals surface area contributed by atoms with Crippen LogP contribution in [0.5, 0.6) is 0 Å². The van der Waals surface area contributed by atoms with Gasteiger partial charge in [0.2, 0.25) is 0 Å². The first kappa shape index (κ1) is 26.7. The monoisotopic (exact) mass is 485 g/mol. The maximum Gasteiger partial charge on any atom is 0.373 e. The number of halogens is 1. The van der Waals surface area contributed by atoms with Crippen molar-refractivity contribution in [2.24, 2.45) is 0 Å². The van der Waals surface area contributed by atoms with Crippen molar-refractivity contribution in [3.63, 3.8) is 0 Å². The molecule has 0 aliphatic rings. The van der Waals surface area contributed by atoms with Crippen molar-refractivity contribution in [2.45, 2.75) is 46.3 Å². The molecule has 0 amide bonds. The third kappa shape index (κ3) is 7.84. The molecule has 0 spiro atoms. The van der Waals surface area contributed by atoms with E-state index in [0.717, 1.165) is 50.3 Å². The molecule has 5 nitrogen and oxygen atoms in total. The minimum atomic E-state index is -0.196. The van der Waals surface area contributed by atoms with Gasteiger partial charge in [0, 0.05) is 37.3 Å². The zero-order valence-corrected chi connectivity index (χ0v) is 20.9. The van der Waals surface area contributed by atoms with Gasteiger partial charge in [-0.05, 0) is 42.2 Å². The Hall–Kier alpha value is -3.86. The lowest BCUT2D eigenvalue weighted by molar-refractivity contribution is -0.191. The Morgan fingerprint density at radius 1 is 0.833 bits per heavy atom. The Morgan fingerprint density at radius 3 is 1.86 bits per heavy atom. The van der Waals surface area contributed by atoms with Crippen LogP contribution in [0.3, 0.4) is 0 Å². The third-order valence-electron chi connectivity index (χ3n) is 6.17. The molecule has 0 unspecified atom stereocenters. The average molecular weight is 486 g/mol. The summed E-state index contributed by atoms with van der Waals surface area (Å²) in [5, 5.41) is 4.94. The van der Waals surface area contributed by atoms with E-state index in [1.807, 2.05) is 12.1 Å². The van der Waals surface area contributed by atoms with Gasteiger partial charge in [-0.25, -0.2) is 4.39 Å². The third-order valence-corrected chi connectivity index (χ3v) is 6.17. The second-order valence-electron chi connectivity index (χ2n) is 8.66. The van der Waals surface area contributed by atoms with E-state index in [-0.39, 0.29) is 12.0 Å². The van der Waals surface area contributed by atoms with Gasteiger partial charge in [-0.3, -0.25) is 9.58 Å². The van der Waals surface area contributed by atoms with Gasteiger partial charge in [0.05, 0.1) is 12.2 Å². The largest absolute Gasteiger partial charge is 0.373 e. The highest BCUT2D eigenvalue weighted by Gasteiger charge is 2.15. The molecule has 1 heterocycles. The standard InChI is InChI=1S/C29H32FN3.CO2/c1-3-29-28(20-24-14-16-27(30)17-15-24)23(2)33(31-29)19-18-32(21-25-10-6-4-7-11-25)22-26-12-8-5-9-13-26;2-1-3/h4-17H,3,18-22H2,1-2H3;. The number of hydrogen-bond acceptors (Lipinski definition) is 4. The Bertz CT molecular complexity index is 1190. The zero-order valence-electron chi connectivity index (χ0n) is 20.9. The lowest BCUT2D eigenvalue weighted by atomic mass is 10.0. The Labute approximate surface area is 212 Å². The smallest absolute Gasteiger partial charge is 0.293 e. The van der Waals surface area contributed by atoms with Crippen LogP contribution in [0.15, 0.2) is 84.9 Å². The average Bonchev–Trinajstić information content (AvgIpc) is 3.20.